The van der Waals surface area contributed by atoms with E-state index >= 15 is 0 Å². The van der Waals surface area contributed by atoms with Crippen LogP contribution in [-0.2, 0) is 20.7 Å². The third kappa shape index (κ3) is 6.79. The number of carbonyl (C=O) groups is 2. The number of phenols is 1. The molecule has 0 bridgehead atoms. The van der Waals surface area contributed by atoms with Gasteiger partial charge in [0.1, 0.15) is 0 Å². The first kappa shape index (κ1) is 21.0. The summed E-state index contributed by atoms with van der Waals surface area (Å²) in [5.41, 5.74) is 2.54. The van der Waals surface area contributed by atoms with Crippen molar-refractivity contribution in [3.8, 4) is 11.5 Å². The normalized spacial score (nSPS) is 10.6. The summed E-state index contributed by atoms with van der Waals surface area (Å²) in [4.78, 5) is 23.7. The van der Waals surface area contributed by atoms with E-state index in [1.807, 2.05) is 24.3 Å². The van der Waals surface area contributed by atoms with E-state index in [0.29, 0.717) is 17.0 Å². The molecule has 0 aliphatic carbocycles. The number of esters is 1. The Bertz CT molecular complexity index is 827. The smallest absolute Gasteiger partial charge is 0.331 e. The molecule has 0 spiro atoms. The van der Waals surface area contributed by atoms with Crippen molar-refractivity contribution in [2.24, 2.45) is 0 Å². The highest BCUT2D eigenvalue weighted by Crippen LogP contribution is 2.26. The molecule has 2 rings (SSSR count). The van der Waals surface area contributed by atoms with Gasteiger partial charge in [-0.25, -0.2) is 4.79 Å². The summed E-state index contributed by atoms with van der Waals surface area (Å²) in [5, 5.41) is 12.2. The predicted molar refractivity (Wildman–Crippen MR) is 108 cm³/mol. The van der Waals surface area contributed by atoms with Gasteiger partial charge in [0.15, 0.2) is 18.1 Å². The Morgan fingerprint density at radius 1 is 1.14 bits per heavy atom. The molecule has 148 valence electrons. The SMILES string of the molecule is CCCCc1ccc(NC(=O)COC(=O)/C=C/c2ccc(O)c(OC)c2)cc1. The van der Waals surface area contributed by atoms with Crippen molar-refractivity contribution < 1.29 is 24.2 Å². The van der Waals surface area contributed by atoms with Crippen molar-refractivity contribution in [1.29, 1.82) is 0 Å². The van der Waals surface area contributed by atoms with Crippen LogP contribution in [0.25, 0.3) is 6.08 Å². The molecule has 0 fully saturated rings. The van der Waals surface area contributed by atoms with E-state index in [1.165, 1.54) is 30.9 Å². The second-order valence-corrected chi connectivity index (χ2v) is 6.22. The van der Waals surface area contributed by atoms with Crippen LogP contribution >= 0.6 is 0 Å². The third-order valence-electron chi connectivity index (χ3n) is 4.02. The number of hydrogen-bond acceptors (Lipinski definition) is 5. The fourth-order valence-corrected chi connectivity index (χ4v) is 2.48. The quantitative estimate of drug-likeness (QED) is 0.506. The van der Waals surface area contributed by atoms with Crippen molar-refractivity contribution in [3.05, 3.63) is 59.7 Å². The molecule has 0 heterocycles. The summed E-state index contributed by atoms with van der Waals surface area (Å²) in [5.74, 6) is -0.737. The van der Waals surface area contributed by atoms with Crippen LogP contribution in [0.3, 0.4) is 0 Å². The summed E-state index contributed by atoms with van der Waals surface area (Å²) in [7, 11) is 1.44. The highest BCUT2D eigenvalue weighted by molar-refractivity contribution is 5.94. The van der Waals surface area contributed by atoms with Gasteiger partial charge in [-0.15, -0.1) is 0 Å². The molecular weight excluding hydrogens is 358 g/mol. The van der Waals surface area contributed by atoms with Gasteiger partial charge in [0.2, 0.25) is 0 Å². The summed E-state index contributed by atoms with van der Waals surface area (Å²) >= 11 is 0. The minimum Gasteiger partial charge on any atom is -0.504 e. The first-order valence-electron chi connectivity index (χ1n) is 9.12. The van der Waals surface area contributed by atoms with E-state index in [0.717, 1.165) is 19.3 Å². The Kier molecular flexibility index (Phi) is 8.09. The molecule has 0 aliphatic rings. The summed E-state index contributed by atoms with van der Waals surface area (Å²) in [6.07, 6.45) is 6.01. The zero-order valence-electron chi connectivity index (χ0n) is 16.1. The van der Waals surface area contributed by atoms with Crippen molar-refractivity contribution in [3.63, 3.8) is 0 Å². The molecule has 0 saturated carbocycles. The Hall–Kier alpha value is -3.28. The van der Waals surface area contributed by atoms with E-state index in [1.54, 1.807) is 12.1 Å². The molecule has 1 amide bonds. The molecule has 2 aromatic carbocycles. The number of hydrogen-bond donors (Lipinski definition) is 2. The van der Waals surface area contributed by atoms with Crippen molar-refractivity contribution >= 4 is 23.6 Å². The van der Waals surface area contributed by atoms with E-state index in [2.05, 4.69) is 12.2 Å². The summed E-state index contributed by atoms with van der Waals surface area (Å²) in [6, 6.07) is 12.3. The molecule has 0 unspecified atom stereocenters. The fourth-order valence-electron chi connectivity index (χ4n) is 2.48. The monoisotopic (exact) mass is 383 g/mol. The highest BCUT2D eigenvalue weighted by Gasteiger charge is 2.06. The standard InChI is InChI=1S/C22H25NO5/c1-3-4-5-16-6-10-18(11-7-16)23-21(25)15-28-22(26)13-9-17-8-12-19(24)20(14-17)27-2/h6-14,24H,3-5,15H2,1-2H3,(H,23,25)/b13-9+. The largest absolute Gasteiger partial charge is 0.504 e. The van der Waals surface area contributed by atoms with Gasteiger partial charge in [-0.2, -0.15) is 0 Å². The van der Waals surface area contributed by atoms with Crippen LogP contribution in [0, 0.1) is 0 Å². The maximum absolute atomic E-state index is 11.9. The fraction of sp³-hybridized carbons (Fsp3) is 0.273. The molecular formula is C22H25NO5. The van der Waals surface area contributed by atoms with E-state index in [-0.39, 0.29) is 12.4 Å². The zero-order valence-corrected chi connectivity index (χ0v) is 16.1. The number of nitrogens with one attached hydrogen (secondary N) is 1. The molecule has 0 saturated heterocycles. The lowest BCUT2D eigenvalue weighted by Crippen LogP contribution is -2.20. The number of phenolic OH excluding ortho intramolecular Hbond substituents is 1. The molecule has 0 radical (unpaired) electrons. The minimum absolute atomic E-state index is 0.0114. The predicted octanol–water partition coefficient (Wildman–Crippen LogP) is 3.94. The summed E-state index contributed by atoms with van der Waals surface area (Å²) in [6.45, 7) is 1.77. The van der Waals surface area contributed by atoms with Crippen LogP contribution < -0.4 is 10.1 Å². The number of unbranched alkanes of at least 4 members (excludes halogenated alkanes) is 1. The van der Waals surface area contributed by atoms with Crippen molar-refractivity contribution in [1.82, 2.24) is 0 Å². The van der Waals surface area contributed by atoms with Gasteiger partial charge in [-0.1, -0.05) is 31.5 Å². The number of benzene rings is 2. The van der Waals surface area contributed by atoms with Crippen LogP contribution in [0.4, 0.5) is 5.69 Å². The van der Waals surface area contributed by atoms with E-state index < -0.39 is 11.9 Å². The van der Waals surface area contributed by atoms with Crippen molar-refractivity contribution in [2.45, 2.75) is 26.2 Å². The zero-order chi connectivity index (χ0) is 20.4. The minimum atomic E-state index is -0.642. The molecule has 28 heavy (non-hydrogen) atoms. The molecule has 0 aliphatic heterocycles. The lowest BCUT2D eigenvalue weighted by Gasteiger charge is -2.07. The molecule has 6 heteroatoms. The summed E-state index contributed by atoms with van der Waals surface area (Å²) < 4.78 is 9.94. The van der Waals surface area contributed by atoms with Crippen LogP contribution in [0.15, 0.2) is 48.5 Å². The lowest BCUT2D eigenvalue weighted by molar-refractivity contribution is -0.142. The second kappa shape index (κ2) is 10.8. The average molecular weight is 383 g/mol. The number of carbonyl (C=O) groups excluding carboxylic acids is 2. The van der Waals surface area contributed by atoms with Crippen LogP contribution in [0.5, 0.6) is 11.5 Å². The first-order chi connectivity index (χ1) is 13.5. The van der Waals surface area contributed by atoms with Crippen molar-refractivity contribution in [2.75, 3.05) is 19.0 Å². The molecule has 0 atom stereocenters. The van der Waals surface area contributed by atoms with E-state index in [9.17, 15) is 14.7 Å². The Labute approximate surface area is 164 Å². The van der Waals surface area contributed by atoms with Crippen LogP contribution in [-0.4, -0.2) is 30.7 Å². The van der Waals surface area contributed by atoms with Crippen LogP contribution in [0.1, 0.15) is 30.9 Å². The van der Waals surface area contributed by atoms with Gasteiger partial charge in [0, 0.05) is 11.8 Å². The lowest BCUT2D eigenvalue weighted by atomic mass is 10.1. The third-order valence-corrected chi connectivity index (χ3v) is 4.02. The van der Waals surface area contributed by atoms with Gasteiger partial charge in [-0.3, -0.25) is 4.79 Å². The van der Waals surface area contributed by atoms with Gasteiger partial charge in [0.05, 0.1) is 7.11 Å². The average Bonchev–Trinajstić information content (AvgIpc) is 2.71. The number of amides is 1. The van der Waals surface area contributed by atoms with Gasteiger partial charge in [0.25, 0.3) is 5.91 Å². The number of aromatic hydroxyl groups is 1. The topological polar surface area (TPSA) is 84.9 Å². The molecule has 0 aromatic heterocycles. The maximum Gasteiger partial charge on any atom is 0.331 e. The Morgan fingerprint density at radius 3 is 2.57 bits per heavy atom. The van der Waals surface area contributed by atoms with E-state index in [4.69, 9.17) is 9.47 Å². The number of rotatable bonds is 9. The highest BCUT2D eigenvalue weighted by atomic mass is 16.5. The second-order valence-electron chi connectivity index (χ2n) is 6.22. The van der Waals surface area contributed by atoms with Gasteiger partial charge < -0.3 is 19.9 Å². The molecule has 2 N–H and O–H groups in total. The Morgan fingerprint density at radius 2 is 1.89 bits per heavy atom. The molecule has 6 nitrogen and oxygen atoms in total. The first-order valence-corrected chi connectivity index (χ1v) is 9.12. The van der Waals surface area contributed by atoms with Gasteiger partial charge in [-0.05, 0) is 54.3 Å². The van der Waals surface area contributed by atoms with Crippen LogP contribution in [0.2, 0.25) is 0 Å². The number of ether oxygens (including phenoxy) is 2. The number of aryl methyl sites for hydroxylation is 1. The van der Waals surface area contributed by atoms with Gasteiger partial charge >= 0.3 is 5.97 Å². The number of anilines is 1. The molecule has 2 aromatic rings. The maximum atomic E-state index is 11.9. The number of methoxy groups -OCH3 is 1. The Balaban J connectivity index is 1.79.